The molecule has 1 aromatic carbocycles. The van der Waals surface area contributed by atoms with E-state index in [9.17, 15) is 4.79 Å². The van der Waals surface area contributed by atoms with Crippen molar-refractivity contribution < 1.29 is 14.3 Å². The minimum atomic E-state index is -0.421. The highest BCUT2D eigenvalue weighted by Gasteiger charge is 2.32. The van der Waals surface area contributed by atoms with Crippen molar-refractivity contribution in [2.24, 2.45) is 10.7 Å². The Labute approximate surface area is 154 Å². The molecule has 7 nitrogen and oxygen atoms in total. The molecule has 0 spiro atoms. The van der Waals surface area contributed by atoms with Gasteiger partial charge in [-0.1, -0.05) is 12.1 Å². The number of rotatable bonds is 5. The van der Waals surface area contributed by atoms with E-state index in [0.717, 1.165) is 50.6 Å². The van der Waals surface area contributed by atoms with E-state index in [1.165, 1.54) is 0 Å². The number of carbonyl (C=O) groups is 1. The van der Waals surface area contributed by atoms with Crippen LogP contribution in [0, 0.1) is 0 Å². The summed E-state index contributed by atoms with van der Waals surface area (Å²) in [5, 5.41) is 3.36. The van der Waals surface area contributed by atoms with Crippen LogP contribution >= 0.6 is 0 Å². The van der Waals surface area contributed by atoms with Gasteiger partial charge in [-0.15, -0.1) is 0 Å². The highest BCUT2D eigenvalue weighted by Crippen LogP contribution is 2.21. The molecule has 0 aliphatic carbocycles. The Morgan fingerprint density at radius 2 is 2.19 bits per heavy atom. The Balaban J connectivity index is 1.68. The van der Waals surface area contributed by atoms with Gasteiger partial charge in [0.2, 0.25) is 5.91 Å². The smallest absolute Gasteiger partial charge is 0.248 e. The van der Waals surface area contributed by atoms with Crippen molar-refractivity contribution in [1.29, 1.82) is 0 Å². The van der Waals surface area contributed by atoms with Gasteiger partial charge in [0.15, 0.2) is 5.96 Å². The van der Waals surface area contributed by atoms with Crippen LogP contribution in [0.1, 0.15) is 35.7 Å². The summed E-state index contributed by atoms with van der Waals surface area (Å²) >= 11 is 0. The molecule has 2 aliphatic heterocycles. The number of primary amides is 1. The SMILES string of the molecule is CCNC(=NCc1cccc(C(N)=O)c1)N1CCOC(C2CCCO2)C1. The lowest BCUT2D eigenvalue weighted by atomic mass is 10.1. The zero-order chi connectivity index (χ0) is 18.4. The minimum absolute atomic E-state index is 0.0910. The Morgan fingerprint density at radius 1 is 1.35 bits per heavy atom. The molecule has 2 heterocycles. The second-order valence-corrected chi connectivity index (χ2v) is 6.64. The maximum Gasteiger partial charge on any atom is 0.248 e. The van der Waals surface area contributed by atoms with Gasteiger partial charge in [-0.25, -0.2) is 4.99 Å². The summed E-state index contributed by atoms with van der Waals surface area (Å²) in [6.07, 6.45) is 2.45. The molecule has 2 aliphatic rings. The molecule has 1 aromatic rings. The van der Waals surface area contributed by atoms with Gasteiger partial charge in [0.05, 0.1) is 19.3 Å². The van der Waals surface area contributed by atoms with Gasteiger partial charge in [-0.2, -0.15) is 0 Å². The number of carbonyl (C=O) groups excluding carboxylic acids is 1. The molecule has 7 heteroatoms. The molecular weight excluding hydrogens is 332 g/mol. The maximum atomic E-state index is 11.3. The number of ether oxygens (including phenoxy) is 2. The Kier molecular flexibility index (Phi) is 6.46. The third-order valence-corrected chi connectivity index (χ3v) is 4.73. The van der Waals surface area contributed by atoms with Crippen molar-refractivity contribution in [2.75, 3.05) is 32.8 Å². The molecule has 3 rings (SSSR count). The molecule has 2 fully saturated rings. The predicted octanol–water partition coefficient (Wildman–Crippen LogP) is 1.13. The fourth-order valence-corrected chi connectivity index (χ4v) is 3.40. The number of nitrogens with zero attached hydrogens (tertiary/aromatic N) is 2. The first kappa shape index (κ1) is 18.7. The van der Waals surface area contributed by atoms with Crippen LogP contribution in [-0.2, 0) is 16.0 Å². The van der Waals surface area contributed by atoms with Gasteiger partial charge in [0.25, 0.3) is 0 Å². The van der Waals surface area contributed by atoms with Crippen LogP contribution in [0.5, 0.6) is 0 Å². The topological polar surface area (TPSA) is 89.2 Å². The van der Waals surface area contributed by atoms with E-state index in [0.29, 0.717) is 18.7 Å². The number of aliphatic imine (C=N–C) groups is 1. The molecule has 0 bridgehead atoms. The van der Waals surface area contributed by atoms with Crippen molar-refractivity contribution in [3.05, 3.63) is 35.4 Å². The zero-order valence-corrected chi connectivity index (χ0v) is 15.3. The van der Waals surface area contributed by atoms with E-state index >= 15 is 0 Å². The lowest BCUT2D eigenvalue weighted by molar-refractivity contribution is -0.0817. The maximum absolute atomic E-state index is 11.3. The summed E-state index contributed by atoms with van der Waals surface area (Å²) in [5.74, 6) is 0.443. The molecular formula is C19H28N4O3. The predicted molar refractivity (Wildman–Crippen MR) is 100 cm³/mol. The molecule has 142 valence electrons. The van der Waals surface area contributed by atoms with Crippen LogP contribution in [0.2, 0.25) is 0 Å². The lowest BCUT2D eigenvalue weighted by Crippen LogP contribution is -2.53. The van der Waals surface area contributed by atoms with Crippen LogP contribution in [0.4, 0.5) is 0 Å². The third kappa shape index (κ3) is 4.74. The number of morpholine rings is 1. The first-order chi connectivity index (χ1) is 12.7. The number of nitrogens with one attached hydrogen (secondary N) is 1. The minimum Gasteiger partial charge on any atom is -0.375 e. The summed E-state index contributed by atoms with van der Waals surface area (Å²) < 4.78 is 11.7. The highest BCUT2D eigenvalue weighted by molar-refractivity contribution is 5.92. The van der Waals surface area contributed by atoms with Crippen LogP contribution in [0.15, 0.2) is 29.3 Å². The van der Waals surface area contributed by atoms with Crippen LogP contribution in [0.25, 0.3) is 0 Å². The molecule has 0 radical (unpaired) electrons. The van der Waals surface area contributed by atoms with Gasteiger partial charge >= 0.3 is 0 Å². The monoisotopic (exact) mass is 360 g/mol. The lowest BCUT2D eigenvalue weighted by Gasteiger charge is -2.37. The van der Waals surface area contributed by atoms with Crippen LogP contribution in [0.3, 0.4) is 0 Å². The third-order valence-electron chi connectivity index (χ3n) is 4.73. The van der Waals surface area contributed by atoms with E-state index < -0.39 is 5.91 Å². The number of amides is 1. The van der Waals surface area contributed by atoms with E-state index in [1.807, 2.05) is 12.1 Å². The van der Waals surface area contributed by atoms with Crippen LogP contribution in [-0.4, -0.2) is 61.8 Å². The summed E-state index contributed by atoms with van der Waals surface area (Å²) in [6.45, 7) is 6.42. The Morgan fingerprint density at radius 3 is 2.92 bits per heavy atom. The van der Waals surface area contributed by atoms with E-state index in [1.54, 1.807) is 12.1 Å². The fourth-order valence-electron chi connectivity index (χ4n) is 3.40. The number of hydrogen-bond donors (Lipinski definition) is 2. The van der Waals surface area contributed by atoms with Crippen molar-refractivity contribution in [3.63, 3.8) is 0 Å². The highest BCUT2D eigenvalue weighted by atomic mass is 16.5. The molecule has 0 saturated carbocycles. The molecule has 0 aromatic heterocycles. The quantitative estimate of drug-likeness (QED) is 0.607. The van der Waals surface area contributed by atoms with Crippen molar-refractivity contribution in [3.8, 4) is 0 Å². The summed E-state index contributed by atoms with van der Waals surface area (Å²) in [6, 6.07) is 7.30. The zero-order valence-electron chi connectivity index (χ0n) is 15.3. The van der Waals surface area contributed by atoms with Gasteiger partial charge in [-0.05, 0) is 37.5 Å². The molecule has 2 saturated heterocycles. The van der Waals surface area contributed by atoms with Crippen molar-refractivity contribution >= 4 is 11.9 Å². The molecule has 2 unspecified atom stereocenters. The van der Waals surface area contributed by atoms with Crippen molar-refractivity contribution in [2.45, 2.75) is 38.5 Å². The second kappa shape index (κ2) is 9.00. The first-order valence-electron chi connectivity index (χ1n) is 9.32. The largest absolute Gasteiger partial charge is 0.375 e. The van der Waals surface area contributed by atoms with Gasteiger partial charge in [0, 0.05) is 31.8 Å². The summed E-state index contributed by atoms with van der Waals surface area (Å²) in [4.78, 5) is 18.3. The van der Waals surface area contributed by atoms with Crippen molar-refractivity contribution in [1.82, 2.24) is 10.2 Å². The first-order valence-corrected chi connectivity index (χ1v) is 9.32. The standard InChI is InChI=1S/C19H28N4O3/c1-2-21-19(22-12-14-5-3-6-15(11-14)18(20)24)23-8-10-26-17(13-23)16-7-4-9-25-16/h3,5-6,11,16-17H,2,4,7-10,12-13H2,1H3,(H2,20,24)(H,21,22). The normalized spacial score (nSPS) is 23.9. The van der Waals surface area contributed by atoms with E-state index in [-0.39, 0.29) is 12.2 Å². The van der Waals surface area contributed by atoms with Gasteiger partial charge < -0.3 is 25.4 Å². The van der Waals surface area contributed by atoms with Crippen LogP contribution < -0.4 is 11.1 Å². The summed E-state index contributed by atoms with van der Waals surface area (Å²) in [7, 11) is 0. The molecule has 3 N–H and O–H groups in total. The Hall–Kier alpha value is -2.12. The molecule has 1 amide bonds. The molecule has 26 heavy (non-hydrogen) atoms. The van der Waals surface area contributed by atoms with Gasteiger partial charge in [0.1, 0.15) is 6.10 Å². The van der Waals surface area contributed by atoms with E-state index in [2.05, 4.69) is 17.1 Å². The van der Waals surface area contributed by atoms with E-state index in [4.69, 9.17) is 20.2 Å². The van der Waals surface area contributed by atoms with Gasteiger partial charge in [-0.3, -0.25) is 4.79 Å². The average Bonchev–Trinajstić information content (AvgIpc) is 3.20. The average molecular weight is 360 g/mol. The summed E-state index contributed by atoms with van der Waals surface area (Å²) in [5.41, 5.74) is 6.82. The second-order valence-electron chi connectivity index (χ2n) is 6.64. The number of nitrogens with two attached hydrogens (primary N) is 1. The number of guanidine groups is 1. The molecule has 2 atom stereocenters. The number of hydrogen-bond acceptors (Lipinski definition) is 4. The Bertz CT molecular complexity index is 643. The number of benzene rings is 1. The fraction of sp³-hybridized carbons (Fsp3) is 0.579.